The Labute approximate surface area is 136 Å². The maximum absolute atomic E-state index is 10.9. The smallest absolute Gasteiger partial charge is 0.404 e. The molecular formula is C13H26NO3Y-. The Morgan fingerprint density at radius 2 is 2.11 bits per heavy atom. The predicted octanol–water partition coefficient (Wildman–Crippen LogP) is 2.92. The number of hydrogen-bond donors (Lipinski definition) is 1. The van der Waals surface area contributed by atoms with Gasteiger partial charge in [0.25, 0.3) is 0 Å². The number of hydrogen-bond acceptors (Lipinski definition) is 3. The van der Waals surface area contributed by atoms with Gasteiger partial charge in [-0.2, -0.15) is 0 Å². The molecule has 2 unspecified atom stereocenters. The Balaban J connectivity index is 0. The molecular weight excluding hydrogens is 307 g/mol. The van der Waals surface area contributed by atoms with E-state index in [-0.39, 0.29) is 44.9 Å². The van der Waals surface area contributed by atoms with Gasteiger partial charge in [0.1, 0.15) is 0 Å². The van der Waals surface area contributed by atoms with Gasteiger partial charge in [-0.3, -0.25) is 0 Å². The monoisotopic (exact) mass is 333 g/mol. The van der Waals surface area contributed by atoms with Gasteiger partial charge in [0.15, 0.2) is 0 Å². The second kappa shape index (κ2) is 13.8. The molecule has 1 aliphatic heterocycles. The third kappa shape index (κ3) is 14.4. The maximum Gasteiger partial charge on any atom is 0.404 e. The van der Waals surface area contributed by atoms with E-state index in [2.05, 4.69) is 26.1 Å². The number of rotatable bonds is 6. The maximum atomic E-state index is 10.9. The van der Waals surface area contributed by atoms with E-state index in [9.17, 15) is 4.79 Å². The zero-order valence-corrected chi connectivity index (χ0v) is 14.7. The van der Waals surface area contributed by atoms with Gasteiger partial charge in [-0.15, -0.1) is 0 Å². The molecule has 1 N–H and O–H groups in total. The summed E-state index contributed by atoms with van der Waals surface area (Å²) in [5.41, 5.74) is 0. The zero-order valence-electron chi connectivity index (χ0n) is 11.9. The van der Waals surface area contributed by atoms with Crippen molar-refractivity contribution in [3.8, 4) is 0 Å². The Kier molecular flexibility index (Phi) is 15.8. The van der Waals surface area contributed by atoms with E-state index >= 15 is 0 Å². The van der Waals surface area contributed by atoms with Crippen LogP contribution in [0.5, 0.6) is 0 Å². The normalized spacial score (nSPS) is 17.7. The van der Waals surface area contributed by atoms with Gasteiger partial charge >= 0.3 is 6.09 Å². The minimum Gasteiger partial charge on any atom is -0.479 e. The Morgan fingerprint density at radius 3 is 2.44 bits per heavy atom. The standard InChI is InChI=1S/C9H18NO2.C4H8O.Y/c1-4-6-7-10-9(11)12-8(3)5-2;1-2-4-3-5-4;/h8H,3-7H2,1-2H3,(H,10,11);4H,2-3H2,1H3;/q-1;;. The molecule has 0 aromatic rings. The van der Waals surface area contributed by atoms with E-state index in [1.807, 2.05) is 6.92 Å². The van der Waals surface area contributed by atoms with E-state index in [4.69, 9.17) is 9.47 Å². The molecule has 1 heterocycles. The Bertz CT molecular complexity index is 199. The molecule has 1 aliphatic rings. The fourth-order valence-corrected chi connectivity index (χ4v) is 0.947. The van der Waals surface area contributed by atoms with Gasteiger partial charge in [0, 0.05) is 39.3 Å². The average molecular weight is 333 g/mol. The van der Waals surface area contributed by atoms with Crippen LogP contribution in [-0.4, -0.2) is 31.5 Å². The predicted molar refractivity (Wildman–Crippen MR) is 68.9 cm³/mol. The number of epoxide rings is 1. The summed E-state index contributed by atoms with van der Waals surface area (Å²) >= 11 is 0. The largest absolute Gasteiger partial charge is 0.479 e. The van der Waals surface area contributed by atoms with E-state index in [1.165, 1.54) is 6.42 Å². The summed E-state index contributed by atoms with van der Waals surface area (Å²) in [6.45, 7) is 11.5. The first-order valence-corrected chi connectivity index (χ1v) is 6.53. The molecule has 4 nitrogen and oxygen atoms in total. The van der Waals surface area contributed by atoms with Crippen LogP contribution in [0.3, 0.4) is 0 Å². The van der Waals surface area contributed by atoms with Gasteiger partial charge in [-0.1, -0.05) is 27.2 Å². The quantitative estimate of drug-likeness (QED) is 0.462. The molecule has 18 heavy (non-hydrogen) atoms. The van der Waals surface area contributed by atoms with E-state index < -0.39 is 0 Å². The van der Waals surface area contributed by atoms with Crippen LogP contribution in [0, 0.1) is 6.92 Å². The van der Waals surface area contributed by atoms with E-state index in [0.29, 0.717) is 12.6 Å². The minimum atomic E-state index is -0.356. The summed E-state index contributed by atoms with van der Waals surface area (Å²) in [6, 6.07) is 0. The number of amides is 1. The molecule has 1 rings (SSSR count). The van der Waals surface area contributed by atoms with Crippen molar-refractivity contribution in [1.29, 1.82) is 0 Å². The fourth-order valence-electron chi connectivity index (χ4n) is 0.947. The Hall–Kier alpha value is 0.334. The summed E-state index contributed by atoms with van der Waals surface area (Å²) in [5, 5.41) is 2.65. The second-order valence-electron chi connectivity index (χ2n) is 4.08. The zero-order chi connectivity index (χ0) is 13.1. The molecule has 1 amide bonds. The summed E-state index contributed by atoms with van der Waals surface area (Å²) in [4.78, 5) is 10.9. The van der Waals surface area contributed by atoms with Gasteiger partial charge in [-0.05, 0) is 25.4 Å². The summed E-state index contributed by atoms with van der Waals surface area (Å²) in [5.74, 6) is 0. The van der Waals surface area contributed by atoms with Crippen LogP contribution in [0.4, 0.5) is 4.79 Å². The molecule has 0 spiro atoms. The van der Waals surface area contributed by atoms with Crippen LogP contribution >= 0.6 is 0 Å². The van der Waals surface area contributed by atoms with Crippen LogP contribution in [-0.2, 0) is 42.2 Å². The third-order valence-corrected chi connectivity index (χ3v) is 2.39. The SMILES string of the molecule is CCC1CO1.[CH2-]C(CC)OC(=O)NCCCC.[Y]. The van der Waals surface area contributed by atoms with Crippen LogP contribution in [0.1, 0.15) is 46.5 Å². The molecule has 0 aromatic heterocycles. The van der Waals surface area contributed by atoms with Crippen molar-refractivity contribution in [3.63, 3.8) is 0 Å². The molecule has 1 radical (unpaired) electrons. The van der Waals surface area contributed by atoms with Crippen molar-refractivity contribution >= 4 is 6.09 Å². The molecule has 0 aromatic carbocycles. The molecule has 1 fully saturated rings. The average Bonchev–Trinajstić information content (AvgIpc) is 3.13. The fraction of sp³-hybridized carbons (Fsp3) is 0.846. The summed E-state index contributed by atoms with van der Waals surface area (Å²) < 4.78 is 9.74. The number of carbonyl (C=O) groups excluding carboxylic acids is 1. The summed E-state index contributed by atoms with van der Waals surface area (Å²) in [7, 11) is 0. The molecule has 2 atom stereocenters. The van der Waals surface area contributed by atoms with Crippen LogP contribution in [0.25, 0.3) is 0 Å². The first-order valence-electron chi connectivity index (χ1n) is 6.53. The van der Waals surface area contributed by atoms with Crippen molar-refractivity contribution in [1.82, 2.24) is 5.32 Å². The van der Waals surface area contributed by atoms with Gasteiger partial charge in [0.2, 0.25) is 0 Å². The van der Waals surface area contributed by atoms with Gasteiger partial charge < -0.3 is 21.7 Å². The van der Waals surface area contributed by atoms with Crippen molar-refractivity contribution in [2.45, 2.75) is 58.7 Å². The molecule has 0 saturated carbocycles. The van der Waals surface area contributed by atoms with Crippen molar-refractivity contribution in [2.75, 3.05) is 13.2 Å². The first kappa shape index (κ1) is 20.6. The van der Waals surface area contributed by atoms with Crippen LogP contribution < -0.4 is 5.32 Å². The van der Waals surface area contributed by atoms with Gasteiger partial charge in [-0.25, -0.2) is 4.79 Å². The molecule has 105 valence electrons. The first-order chi connectivity index (χ1) is 8.13. The minimum absolute atomic E-state index is 0. The van der Waals surface area contributed by atoms with E-state index in [0.717, 1.165) is 25.9 Å². The number of unbranched alkanes of at least 4 members (excludes halogenated alkanes) is 1. The number of ether oxygens (including phenoxy) is 2. The third-order valence-electron chi connectivity index (χ3n) is 2.39. The topological polar surface area (TPSA) is 50.9 Å². The number of carbonyl (C=O) groups is 1. The second-order valence-corrected chi connectivity index (χ2v) is 4.08. The van der Waals surface area contributed by atoms with E-state index in [1.54, 1.807) is 0 Å². The molecule has 0 bridgehead atoms. The van der Waals surface area contributed by atoms with Crippen LogP contribution in [0.15, 0.2) is 0 Å². The molecule has 1 saturated heterocycles. The summed E-state index contributed by atoms with van der Waals surface area (Å²) in [6.07, 6.45) is 4.05. The van der Waals surface area contributed by atoms with Crippen molar-refractivity contribution < 1.29 is 47.0 Å². The van der Waals surface area contributed by atoms with Gasteiger partial charge in [0.05, 0.1) is 12.7 Å². The number of alkyl carbamates (subject to hydrolysis) is 1. The molecule has 5 heteroatoms. The van der Waals surface area contributed by atoms with Crippen molar-refractivity contribution in [2.24, 2.45) is 0 Å². The molecule has 0 aliphatic carbocycles. The van der Waals surface area contributed by atoms with Crippen LogP contribution in [0.2, 0.25) is 0 Å². The Morgan fingerprint density at radius 1 is 1.50 bits per heavy atom. The van der Waals surface area contributed by atoms with Crippen molar-refractivity contribution in [3.05, 3.63) is 6.92 Å². The number of nitrogens with one attached hydrogen (secondary N) is 1.